The quantitative estimate of drug-likeness (QED) is 0.483. The van der Waals surface area contributed by atoms with E-state index in [4.69, 9.17) is 0 Å². The lowest BCUT2D eigenvalue weighted by Crippen LogP contribution is -2.18. The molecule has 0 atom stereocenters. The number of ketones is 2. The Balaban J connectivity index is 1.77. The van der Waals surface area contributed by atoms with Crippen LogP contribution in [0.1, 0.15) is 37.5 Å². The Labute approximate surface area is 174 Å². The van der Waals surface area contributed by atoms with E-state index in [1.165, 1.54) is 6.08 Å². The fraction of sp³-hybridized carbons (Fsp3) is 0.304. The molecule has 0 saturated carbocycles. The number of benzene rings is 1. The van der Waals surface area contributed by atoms with Gasteiger partial charge in [0.05, 0.1) is 16.8 Å². The average molecular weight is 406 g/mol. The second-order valence-corrected chi connectivity index (χ2v) is 7.92. The number of hydrogen-bond donors (Lipinski definition) is 4. The number of fused-ring (bicyclic) bond motifs is 2. The third-order valence-electron chi connectivity index (χ3n) is 5.61. The van der Waals surface area contributed by atoms with Crippen LogP contribution in [0.5, 0.6) is 5.75 Å². The molecule has 4 rings (SSSR count). The van der Waals surface area contributed by atoms with E-state index in [2.05, 4.69) is 20.2 Å². The van der Waals surface area contributed by atoms with Crippen LogP contribution in [0.25, 0.3) is 16.5 Å². The SMILES string of the molecule is CNCCc1c[nH]c2c1C(=O)C=C(c1ccc(O)c3c(CCN(C)C)c[nH]c13)C2=O. The highest BCUT2D eigenvalue weighted by Gasteiger charge is 2.31. The number of rotatable bonds is 7. The van der Waals surface area contributed by atoms with Crippen LogP contribution >= 0.6 is 0 Å². The van der Waals surface area contributed by atoms with Crippen molar-refractivity contribution in [2.75, 3.05) is 34.2 Å². The Kier molecular flexibility index (Phi) is 5.32. The summed E-state index contributed by atoms with van der Waals surface area (Å²) in [5, 5.41) is 14.2. The van der Waals surface area contributed by atoms with E-state index in [1.807, 2.05) is 27.3 Å². The second-order valence-electron chi connectivity index (χ2n) is 7.92. The molecule has 0 saturated heterocycles. The summed E-state index contributed by atoms with van der Waals surface area (Å²) in [5.74, 6) is -0.224. The highest BCUT2D eigenvalue weighted by molar-refractivity contribution is 6.39. The fourth-order valence-electron chi connectivity index (χ4n) is 4.05. The number of aromatic nitrogens is 2. The summed E-state index contributed by atoms with van der Waals surface area (Å²) in [6.07, 6.45) is 6.46. The highest BCUT2D eigenvalue weighted by Crippen LogP contribution is 2.37. The predicted octanol–water partition coefficient (Wildman–Crippen LogP) is 2.53. The Morgan fingerprint density at radius 2 is 1.83 bits per heavy atom. The number of H-pyrrole nitrogens is 2. The Bertz CT molecular complexity index is 1170. The van der Waals surface area contributed by atoms with Crippen molar-refractivity contribution < 1.29 is 14.7 Å². The van der Waals surface area contributed by atoms with E-state index >= 15 is 0 Å². The number of aromatic hydroxyl groups is 1. The molecule has 0 amide bonds. The average Bonchev–Trinajstić information content (AvgIpc) is 3.33. The highest BCUT2D eigenvalue weighted by atomic mass is 16.3. The number of hydrogen-bond acceptors (Lipinski definition) is 5. The topological polar surface area (TPSA) is 101 Å². The molecule has 30 heavy (non-hydrogen) atoms. The zero-order chi connectivity index (χ0) is 21.4. The van der Waals surface area contributed by atoms with Crippen LogP contribution in [0.2, 0.25) is 0 Å². The smallest absolute Gasteiger partial charge is 0.210 e. The van der Waals surface area contributed by atoms with Crippen LogP contribution in [0.3, 0.4) is 0 Å². The van der Waals surface area contributed by atoms with Crippen LogP contribution in [0, 0.1) is 0 Å². The minimum atomic E-state index is -0.211. The van der Waals surface area contributed by atoms with E-state index in [-0.39, 0.29) is 17.3 Å². The summed E-state index contributed by atoms with van der Waals surface area (Å²) in [6.45, 7) is 1.55. The molecule has 0 bridgehead atoms. The molecule has 2 heterocycles. The number of aromatic amines is 2. The number of carbonyl (C=O) groups excluding carboxylic acids is 2. The maximum Gasteiger partial charge on any atom is 0.210 e. The maximum atomic E-state index is 13.2. The largest absolute Gasteiger partial charge is 0.507 e. The molecular formula is C23H26N4O3. The molecule has 3 aromatic rings. The molecule has 1 aliphatic rings. The van der Waals surface area contributed by atoms with Crippen LogP contribution in [0.15, 0.2) is 30.6 Å². The summed E-state index contributed by atoms with van der Waals surface area (Å²) in [6, 6.07) is 3.28. The number of phenols is 1. The van der Waals surface area contributed by atoms with E-state index in [1.54, 1.807) is 18.3 Å². The molecule has 1 aliphatic carbocycles. The number of carbonyl (C=O) groups is 2. The van der Waals surface area contributed by atoms with Gasteiger partial charge in [-0.25, -0.2) is 0 Å². The number of allylic oxidation sites excluding steroid dienone is 2. The van der Waals surface area contributed by atoms with E-state index < -0.39 is 0 Å². The third kappa shape index (κ3) is 3.36. The first-order valence-electron chi connectivity index (χ1n) is 10.0. The summed E-state index contributed by atoms with van der Waals surface area (Å²) < 4.78 is 0. The molecule has 7 heteroatoms. The number of nitrogens with zero attached hydrogens (tertiary/aromatic N) is 1. The molecule has 0 radical (unpaired) electrons. The molecule has 1 aromatic carbocycles. The van der Waals surface area contributed by atoms with E-state index in [0.717, 1.165) is 30.6 Å². The normalized spacial score (nSPS) is 13.9. The summed E-state index contributed by atoms with van der Waals surface area (Å²) >= 11 is 0. The van der Waals surface area contributed by atoms with Crippen LogP contribution in [-0.2, 0) is 12.8 Å². The molecule has 0 aliphatic heterocycles. The zero-order valence-electron chi connectivity index (χ0n) is 17.4. The van der Waals surface area contributed by atoms with Gasteiger partial charge < -0.3 is 25.3 Å². The first-order valence-corrected chi connectivity index (χ1v) is 10.0. The lowest BCUT2D eigenvalue weighted by atomic mass is 9.87. The van der Waals surface area contributed by atoms with Gasteiger partial charge in [0.1, 0.15) is 5.75 Å². The number of likely N-dealkylation sites (N-methyl/N-ethyl adjacent to an activating group) is 2. The lowest BCUT2D eigenvalue weighted by Gasteiger charge is -2.15. The zero-order valence-corrected chi connectivity index (χ0v) is 17.4. The predicted molar refractivity (Wildman–Crippen MR) is 117 cm³/mol. The maximum absolute atomic E-state index is 13.2. The van der Waals surface area contributed by atoms with Crippen molar-refractivity contribution in [3.63, 3.8) is 0 Å². The molecule has 156 valence electrons. The van der Waals surface area contributed by atoms with Gasteiger partial charge in [-0.15, -0.1) is 0 Å². The minimum absolute atomic E-state index is 0.161. The molecule has 0 fully saturated rings. The molecule has 7 nitrogen and oxygen atoms in total. The lowest BCUT2D eigenvalue weighted by molar-refractivity contribution is 0.0999. The van der Waals surface area contributed by atoms with Gasteiger partial charge in [-0.3, -0.25) is 9.59 Å². The fourth-order valence-corrected chi connectivity index (χ4v) is 4.05. The Morgan fingerprint density at radius 1 is 1.07 bits per heavy atom. The molecule has 4 N–H and O–H groups in total. The van der Waals surface area contributed by atoms with Gasteiger partial charge in [0, 0.05) is 35.5 Å². The first-order chi connectivity index (χ1) is 14.4. The molecule has 2 aromatic heterocycles. The number of phenolic OH excluding ortho intramolecular Hbond substituents is 1. The minimum Gasteiger partial charge on any atom is -0.507 e. The van der Waals surface area contributed by atoms with Gasteiger partial charge in [0.25, 0.3) is 0 Å². The first kappa shape index (κ1) is 20.1. The van der Waals surface area contributed by atoms with Crippen molar-refractivity contribution in [2.45, 2.75) is 12.8 Å². The van der Waals surface area contributed by atoms with E-state index in [9.17, 15) is 14.7 Å². The van der Waals surface area contributed by atoms with Gasteiger partial charge in [0.2, 0.25) is 5.78 Å². The Morgan fingerprint density at radius 3 is 2.57 bits per heavy atom. The van der Waals surface area contributed by atoms with Gasteiger partial charge >= 0.3 is 0 Å². The third-order valence-corrected chi connectivity index (χ3v) is 5.61. The number of Topliss-reactive ketones (excluding diaryl/α,β-unsaturated/α-hetero) is 1. The summed E-state index contributed by atoms with van der Waals surface area (Å²) in [7, 11) is 5.84. The van der Waals surface area contributed by atoms with Gasteiger partial charge in [-0.1, -0.05) is 0 Å². The van der Waals surface area contributed by atoms with E-state index in [0.29, 0.717) is 39.7 Å². The van der Waals surface area contributed by atoms with Crippen molar-refractivity contribution in [2.24, 2.45) is 0 Å². The van der Waals surface area contributed by atoms with Gasteiger partial charge in [-0.05, 0) is 69.9 Å². The summed E-state index contributed by atoms with van der Waals surface area (Å²) in [5.41, 5.74) is 4.24. The van der Waals surface area contributed by atoms with Gasteiger partial charge in [0.15, 0.2) is 5.78 Å². The van der Waals surface area contributed by atoms with Crippen LogP contribution < -0.4 is 5.32 Å². The molecular weight excluding hydrogens is 380 g/mol. The van der Waals surface area contributed by atoms with Crippen LogP contribution in [0.4, 0.5) is 0 Å². The van der Waals surface area contributed by atoms with Crippen molar-refractivity contribution in [3.8, 4) is 5.75 Å². The summed E-state index contributed by atoms with van der Waals surface area (Å²) in [4.78, 5) is 34.5. The van der Waals surface area contributed by atoms with Crippen molar-refractivity contribution >= 4 is 28.0 Å². The number of nitrogens with one attached hydrogen (secondary N) is 3. The Hall–Kier alpha value is -3.16. The van der Waals surface area contributed by atoms with Crippen molar-refractivity contribution in [1.82, 2.24) is 20.2 Å². The standard InChI is InChI=1S/C23H26N4O3/c1-24-8-6-13-11-26-22-20(13)18(29)10-16(23(22)30)15-4-5-17(28)19-14(7-9-27(2)3)12-25-21(15)19/h4-5,10-12,24-26,28H,6-9H2,1-3H3. The van der Waals surface area contributed by atoms with Gasteiger partial charge in [-0.2, -0.15) is 0 Å². The second kappa shape index (κ2) is 7.93. The molecule has 0 spiro atoms. The monoisotopic (exact) mass is 406 g/mol. The molecule has 0 unspecified atom stereocenters. The van der Waals surface area contributed by atoms with Crippen molar-refractivity contribution in [3.05, 3.63) is 58.6 Å². The van der Waals surface area contributed by atoms with Crippen molar-refractivity contribution in [1.29, 1.82) is 0 Å². The van der Waals surface area contributed by atoms with Crippen LogP contribution in [-0.4, -0.2) is 65.8 Å².